The molecule has 0 saturated heterocycles. The van der Waals surface area contributed by atoms with E-state index in [-0.39, 0.29) is 50.3 Å². The Hall–Kier alpha value is -2.88. The lowest BCUT2D eigenvalue weighted by atomic mass is 9.62. The van der Waals surface area contributed by atoms with Gasteiger partial charge in [-0.1, -0.05) is 69.2 Å². The van der Waals surface area contributed by atoms with Gasteiger partial charge in [0.05, 0.1) is 12.7 Å². The van der Waals surface area contributed by atoms with Crippen molar-refractivity contribution in [1.82, 2.24) is 0 Å². The van der Waals surface area contributed by atoms with Crippen LogP contribution in [0.25, 0.3) is 5.57 Å². The highest BCUT2D eigenvalue weighted by Gasteiger charge is 2.42. The average Bonchev–Trinajstić information content (AvgIpc) is 2.77. The molecule has 0 fully saturated rings. The highest BCUT2D eigenvalue weighted by molar-refractivity contribution is 6.40. The smallest absolute Gasteiger partial charge is 0.229 e. The van der Waals surface area contributed by atoms with E-state index in [2.05, 4.69) is 27.7 Å². The van der Waals surface area contributed by atoms with Crippen LogP contribution in [0.5, 0.6) is 5.75 Å². The number of carbonyl (C=O) groups excluding carboxylic acids is 2. The van der Waals surface area contributed by atoms with Crippen LogP contribution >= 0.6 is 0 Å². The first kappa shape index (κ1) is 27.2. The number of aromatic hydroxyl groups is 1. The first-order valence-electron chi connectivity index (χ1n) is 13.3. The summed E-state index contributed by atoms with van der Waals surface area (Å²) < 4.78 is 5.66. The molecule has 2 aromatic carbocycles. The molecule has 0 amide bonds. The van der Waals surface area contributed by atoms with Crippen molar-refractivity contribution in [2.45, 2.75) is 104 Å². The third kappa shape index (κ3) is 4.32. The molecule has 0 spiro atoms. The van der Waals surface area contributed by atoms with E-state index in [4.69, 9.17) is 4.74 Å². The van der Waals surface area contributed by atoms with E-state index in [0.29, 0.717) is 16.7 Å². The van der Waals surface area contributed by atoms with Crippen LogP contribution in [0.15, 0.2) is 30.0 Å². The molecule has 0 aliphatic heterocycles. The summed E-state index contributed by atoms with van der Waals surface area (Å²) in [4.78, 5) is 28.1. The molecular formula is C33H42O4. The number of rotatable bonds is 2. The van der Waals surface area contributed by atoms with Gasteiger partial charge in [0, 0.05) is 22.3 Å². The second kappa shape index (κ2) is 8.31. The van der Waals surface area contributed by atoms with Gasteiger partial charge >= 0.3 is 0 Å². The summed E-state index contributed by atoms with van der Waals surface area (Å²) >= 11 is 0. The van der Waals surface area contributed by atoms with E-state index in [9.17, 15) is 14.7 Å². The van der Waals surface area contributed by atoms with Crippen LogP contribution < -0.4 is 0 Å². The van der Waals surface area contributed by atoms with Crippen molar-refractivity contribution in [2.75, 3.05) is 7.11 Å². The first-order chi connectivity index (χ1) is 16.8. The van der Waals surface area contributed by atoms with E-state index in [1.807, 2.05) is 65.8 Å². The standard InChI is InChI=1S/C33H42O4/c1-30(2,3)23-14-18(15-24(28(23)36)31(4,5)6)25-26(34)19-16-21-22(17-20(19)27(35)29(25)37-11)33(9,10)13-12-32(21,7)8/h14-17,36H,12-13H2,1-11H3. The second-order valence-corrected chi connectivity index (χ2v) is 14.2. The minimum absolute atomic E-state index is 0.0655. The zero-order chi connectivity index (χ0) is 27.9. The number of benzene rings is 2. The maximum Gasteiger partial charge on any atom is 0.229 e. The molecule has 0 aromatic heterocycles. The van der Waals surface area contributed by atoms with Gasteiger partial charge in [-0.3, -0.25) is 9.59 Å². The number of methoxy groups -OCH3 is 1. The molecule has 0 radical (unpaired) electrons. The van der Waals surface area contributed by atoms with Crippen LogP contribution in [0.1, 0.15) is 131 Å². The van der Waals surface area contributed by atoms with Crippen LogP contribution in [0.2, 0.25) is 0 Å². The Bertz CT molecular complexity index is 1320. The number of Topliss-reactive ketones (excluding diaryl/α,β-unsaturated/α-hetero) is 2. The number of hydrogen-bond donors (Lipinski definition) is 1. The first-order valence-corrected chi connectivity index (χ1v) is 13.3. The summed E-state index contributed by atoms with van der Waals surface area (Å²) in [5, 5.41) is 11.2. The molecule has 198 valence electrons. The number of carbonyl (C=O) groups is 2. The molecule has 1 N–H and O–H groups in total. The number of phenols is 1. The Kier molecular flexibility index (Phi) is 6.10. The minimum Gasteiger partial charge on any atom is -0.507 e. The van der Waals surface area contributed by atoms with E-state index in [1.54, 1.807) is 0 Å². The van der Waals surface area contributed by atoms with Crippen molar-refractivity contribution in [3.63, 3.8) is 0 Å². The van der Waals surface area contributed by atoms with Crippen LogP contribution in [0, 0.1) is 0 Å². The lowest BCUT2D eigenvalue weighted by Gasteiger charge is -2.42. The van der Waals surface area contributed by atoms with Crippen molar-refractivity contribution in [1.29, 1.82) is 0 Å². The summed E-state index contributed by atoms with van der Waals surface area (Å²) in [5.41, 5.74) is 4.55. The molecule has 4 rings (SSSR count). The van der Waals surface area contributed by atoms with Gasteiger partial charge in [0.15, 0.2) is 11.5 Å². The summed E-state index contributed by atoms with van der Waals surface area (Å²) in [6.45, 7) is 21.0. The summed E-state index contributed by atoms with van der Waals surface area (Å²) in [5.74, 6) is -0.178. The Morgan fingerprint density at radius 1 is 0.730 bits per heavy atom. The van der Waals surface area contributed by atoms with Gasteiger partial charge in [-0.15, -0.1) is 0 Å². The topological polar surface area (TPSA) is 63.6 Å². The molecule has 0 bridgehead atoms. The fourth-order valence-electron chi connectivity index (χ4n) is 5.84. The van der Waals surface area contributed by atoms with Crippen molar-refractivity contribution < 1.29 is 19.4 Å². The van der Waals surface area contributed by atoms with Gasteiger partial charge in [-0.05, 0) is 75.5 Å². The normalized spacial score (nSPS) is 19.0. The van der Waals surface area contributed by atoms with E-state index in [1.165, 1.54) is 7.11 Å². The van der Waals surface area contributed by atoms with Gasteiger partial charge in [-0.2, -0.15) is 0 Å². The van der Waals surface area contributed by atoms with E-state index >= 15 is 0 Å². The molecule has 37 heavy (non-hydrogen) atoms. The second-order valence-electron chi connectivity index (χ2n) is 14.2. The molecule has 0 unspecified atom stereocenters. The number of ether oxygens (including phenoxy) is 1. The predicted molar refractivity (Wildman–Crippen MR) is 150 cm³/mol. The Balaban J connectivity index is 2.03. The maximum atomic E-state index is 14.2. The molecule has 2 aliphatic rings. The molecule has 4 heteroatoms. The van der Waals surface area contributed by atoms with Crippen LogP contribution in [-0.4, -0.2) is 23.8 Å². The Morgan fingerprint density at radius 2 is 1.14 bits per heavy atom. The third-order valence-corrected chi connectivity index (χ3v) is 8.36. The van der Waals surface area contributed by atoms with Crippen LogP contribution in [0.4, 0.5) is 0 Å². The zero-order valence-electron chi connectivity index (χ0n) is 24.4. The molecule has 2 aromatic rings. The quantitative estimate of drug-likeness (QED) is 0.455. The molecule has 4 nitrogen and oxygen atoms in total. The minimum atomic E-state index is -0.373. The van der Waals surface area contributed by atoms with Crippen LogP contribution in [0.3, 0.4) is 0 Å². The highest BCUT2D eigenvalue weighted by Crippen LogP contribution is 2.49. The average molecular weight is 503 g/mol. The monoisotopic (exact) mass is 502 g/mol. The van der Waals surface area contributed by atoms with Gasteiger partial charge in [-0.25, -0.2) is 0 Å². The summed E-state index contributed by atoms with van der Waals surface area (Å²) in [7, 11) is 1.45. The molecule has 0 heterocycles. The Labute approximate surface area is 222 Å². The van der Waals surface area contributed by atoms with Crippen molar-refractivity contribution in [3.8, 4) is 5.75 Å². The number of hydrogen-bond acceptors (Lipinski definition) is 4. The predicted octanol–water partition coefficient (Wildman–Crippen LogP) is 7.77. The number of allylic oxidation sites excluding steroid dienone is 2. The Morgan fingerprint density at radius 3 is 1.51 bits per heavy atom. The van der Waals surface area contributed by atoms with Gasteiger partial charge < -0.3 is 9.84 Å². The maximum absolute atomic E-state index is 14.2. The fourth-order valence-corrected chi connectivity index (χ4v) is 5.84. The van der Waals surface area contributed by atoms with E-state index in [0.717, 1.165) is 35.1 Å². The van der Waals surface area contributed by atoms with Gasteiger partial charge in [0.2, 0.25) is 5.78 Å². The number of fused-ring (bicyclic) bond motifs is 2. The molecule has 2 aliphatic carbocycles. The van der Waals surface area contributed by atoms with Gasteiger partial charge in [0.25, 0.3) is 0 Å². The summed E-state index contributed by atoms with van der Waals surface area (Å²) in [6.07, 6.45) is 2.03. The largest absolute Gasteiger partial charge is 0.507 e. The highest BCUT2D eigenvalue weighted by atomic mass is 16.5. The molecule has 0 atom stereocenters. The lowest BCUT2D eigenvalue weighted by molar-refractivity contribution is 0.0924. The zero-order valence-corrected chi connectivity index (χ0v) is 24.4. The SMILES string of the molecule is COC1=C(c2cc(C(C)(C)C)c(O)c(C(C)(C)C)c2)C(=O)c2cc3c(cc2C1=O)C(C)(C)CCC3(C)C. The fraction of sp³-hybridized carbons (Fsp3) is 0.515. The molecular weight excluding hydrogens is 460 g/mol. The number of ketones is 2. The molecule has 0 saturated carbocycles. The summed E-state index contributed by atoms with van der Waals surface area (Å²) in [6, 6.07) is 7.61. The number of phenolic OH excluding ortho intramolecular Hbond substituents is 1. The van der Waals surface area contributed by atoms with Crippen molar-refractivity contribution in [3.05, 3.63) is 69.0 Å². The van der Waals surface area contributed by atoms with Crippen molar-refractivity contribution in [2.24, 2.45) is 0 Å². The van der Waals surface area contributed by atoms with E-state index < -0.39 is 0 Å². The van der Waals surface area contributed by atoms with Crippen LogP contribution in [-0.2, 0) is 26.4 Å². The third-order valence-electron chi connectivity index (χ3n) is 8.36. The van der Waals surface area contributed by atoms with Gasteiger partial charge in [0.1, 0.15) is 5.75 Å². The van der Waals surface area contributed by atoms with Crippen molar-refractivity contribution >= 4 is 17.1 Å². The lowest BCUT2D eigenvalue weighted by Crippen LogP contribution is -2.35.